The van der Waals surface area contributed by atoms with Crippen LogP contribution in [0.5, 0.6) is 5.75 Å². The molecule has 1 atom stereocenters. The maximum Gasteiger partial charge on any atom is 0.253 e. The summed E-state index contributed by atoms with van der Waals surface area (Å²) in [4.78, 5) is 19.2. The van der Waals surface area contributed by atoms with Gasteiger partial charge in [0.15, 0.2) is 0 Å². The Balaban J connectivity index is 1.51. The van der Waals surface area contributed by atoms with Crippen LogP contribution in [0.2, 0.25) is 0 Å². The summed E-state index contributed by atoms with van der Waals surface area (Å²) in [5, 5.41) is 4.46. The van der Waals surface area contributed by atoms with Crippen molar-refractivity contribution in [3.8, 4) is 5.75 Å². The van der Waals surface area contributed by atoms with E-state index in [1.165, 1.54) is 18.4 Å². The SMILES string of the molecule is COc1ccc(CN(C)C(=O)c2ccc([C@@H]3CCCNC3)cc2)c2cccnc12. The number of piperidine rings is 1. The molecule has 0 spiro atoms. The highest BCUT2D eigenvalue weighted by molar-refractivity contribution is 5.94. The van der Waals surface area contributed by atoms with Gasteiger partial charge in [0.25, 0.3) is 5.91 Å². The number of carbonyl (C=O) groups excluding carboxylic acids is 1. The Labute approximate surface area is 171 Å². The lowest BCUT2D eigenvalue weighted by molar-refractivity contribution is 0.0785. The van der Waals surface area contributed by atoms with Crippen LogP contribution < -0.4 is 10.1 Å². The zero-order chi connectivity index (χ0) is 20.2. The van der Waals surface area contributed by atoms with Gasteiger partial charge < -0.3 is 15.0 Å². The zero-order valence-corrected chi connectivity index (χ0v) is 17.0. The molecule has 3 aromatic rings. The number of methoxy groups -OCH3 is 1. The molecular formula is C24H27N3O2. The van der Waals surface area contributed by atoms with E-state index >= 15 is 0 Å². The number of pyridine rings is 1. The van der Waals surface area contributed by atoms with Crippen LogP contribution in [-0.2, 0) is 6.54 Å². The van der Waals surface area contributed by atoms with Gasteiger partial charge in [-0.3, -0.25) is 9.78 Å². The number of aromatic nitrogens is 1. The Morgan fingerprint density at radius 2 is 2.03 bits per heavy atom. The third kappa shape index (κ3) is 4.10. The smallest absolute Gasteiger partial charge is 0.253 e. The molecule has 1 amide bonds. The van der Waals surface area contributed by atoms with Crippen LogP contribution in [0.3, 0.4) is 0 Å². The van der Waals surface area contributed by atoms with Gasteiger partial charge in [-0.15, -0.1) is 0 Å². The van der Waals surface area contributed by atoms with Crippen molar-refractivity contribution in [2.75, 3.05) is 27.2 Å². The maximum absolute atomic E-state index is 13.0. The fourth-order valence-electron chi connectivity index (χ4n) is 4.09. The summed E-state index contributed by atoms with van der Waals surface area (Å²) >= 11 is 0. The lowest BCUT2D eigenvalue weighted by atomic mass is 9.91. The third-order valence-electron chi connectivity index (χ3n) is 5.72. The van der Waals surface area contributed by atoms with Gasteiger partial charge in [0.1, 0.15) is 11.3 Å². The molecule has 1 fully saturated rings. The third-order valence-corrected chi connectivity index (χ3v) is 5.72. The van der Waals surface area contributed by atoms with Gasteiger partial charge in [-0.2, -0.15) is 0 Å². The molecule has 2 aromatic carbocycles. The summed E-state index contributed by atoms with van der Waals surface area (Å²) in [7, 11) is 3.49. The number of ether oxygens (including phenoxy) is 1. The number of rotatable bonds is 5. The molecular weight excluding hydrogens is 362 g/mol. The molecule has 29 heavy (non-hydrogen) atoms. The van der Waals surface area contributed by atoms with Crippen LogP contribution in [0, 0.1) is 0 Å². The summed E-state index contributed by atoms with van der Waals surface area (Å²) in [6.07, 6.45) is 4.17. The number of carbonyl (C=O) groups is 1. The summed E-state index contributed by atoms with van der Waals surface area (Å²) < 4.78 is 5.42. The van der Waals surface area contributed by atoms with Gasteiger partial charge in [0, 0.05) is 37.3 Å². The van der Waals surface area contributed by atoms with Crippen LogP contribution in [0.15, 0.2) is 54.7 Å². The monoisotopic (exact) mass is 389 g/mol. The average molecular weight is 389 g/mol. The molecule has 1 aliphatic rings. The molecule has 2 heterocycles. The second-order valence-corrected chi connectivity index (χ2v) is 7.65. The molecule has 0 aliphatic carbocycles. The lowest BCUT2D eigenvalue weighted by Gasteiger charge is -2.23. The minimum atomic E-state index is 0.0196. The van der Waals surface area contributed by atoms with Crippen LogP contribution in [0.4, 0.5) is 0 Å². The van der Waals surface area contributed by atoms with Crippen molar-refractivity contribution in [2.45, 2.75) is 25.3 Å². The second-order valence-electron chi connectivity index (χ2n) is 7.65. The van der Waals surface area contributed by atoms with Gasteiger partial charge in [0.2, 0.25) is 0 Å². The number of hydrogen-bond donors (Lipinski definition) is 1. The standard InChI is InChI=1S/C24H27N3O2/c1-27(16-20-11-12-22(29-2)23-21(20)6-4-14-26-23)24(28)18-9-7-17(8-10-18)19-5-3-13-25-15-19/h4,6-12,14,19,25H,3,5,13,15-16H2,1-2H3/t19-/m1/s1. The first kappa shape index (κ1) is 19.4. The molecule has 0 bridgehead atoms. The van der Waals surface area contributed by atoms with Crippen molar-refractivity contribution in [1.82, 2.24) is 15.2 Å². The first-order valence-corrected chi connectivity index (χ1v) is 10.1. The minimum absolute atomic E-state index is 0.0196. The highest BCUT2D eigenvalue weighted by atomic mass is 16.5. The lowest BCUT2D eigenvalue weighted by Crippen LogP contribution is -2.28. The van der Waals surface area contributed by atoms with E-state index in [0.717, 1.165) is 40.9 Å². The molecule has 4 rings (SSSR count). The van der Waals surface area contributed by atoms with E-state index in [0.29, 0.717) is 12.5 Å². The molecule has 0 radical (unpaired) electrons. The van der Waals surface area contributed by atoms with E-state index in [4.69, 9.17) is 4.74 Å². The molecule has 1 aliphatic heterocycles. The Morgan fingerprint density at radius 1 is 1.21 bits per heavy atom. The van der Waals surface area contributed by atoms with Gasteiger partial charge in [0.05, 0.1) is 7.11 Å². The Hall–Kier alpha value is -2.92. The van der Waals surface area contributed by atoms with E-state index in [-0.39, 0.29) is 5.91 Å². The van der Waals surface area contributed by atoms with E-state index in [1.807, 2.05) is 43.4 Å². The van der Waals surface area contributed by atoms with Crippen molar-refractivity contribution >= 4 is 16.8 Å². The van der Waals surface area contributed by atoms with Crippen LogP contribution >= 0.6 is 0 Å². The van der Waals surface area contributed by atoms with Crippen molar-refractivity contribution in [3.05, 3.63) is 71.4 Å². The number of benzene rings is 2. The number of nitrogens with zero attached hydrogens (tertiary/aromatic N) is 2. The Bertz CT molecular complexity index is 995. The Kier molecular flexibility index (Phi) is 5.76. The van der Waals surface area contributed by atoms with Crippen molar-refractivity contribution in [1.29, 1.82) is 0 Å². The quantitative estimate of drug-likeness (QED) is 0.717. The van der Waals surface area contributed by atoms with Gasteiger partial charge in [-0.25, -0.2) is 0 Å². The normalized spacial score (nSPS) is 16.6. The summed E-state index contributed by atoms with van der Waals surface area (Å²) in [6, 6.07) is 16.0. The topological polar surface area (TPSA) is 54.5 Å². The fraction of sp³-hybridized carbons (Fsp3) is 0.333. The van der Waals surface area contributed by atoms with Crippen molar-refractivity contribution in [2.24, 2.45) is 0 Å². The van der Waals surface area contributed by atoms with Crippen molar-refractivity contribution < 1.29 is 9.53 Å². The van der Waals surface area contributed by atoms with E-state index < -0.39 is 0 Å². The number of fused-ring (bicyclic) bond motifs is 1. The fourth-order valence-corrected chi connectivity index (χ4v) is 4.09. The van der Waals surface area contributed by atoms with Crippen LogP contribution in [0.25, 0.3) is 10.9 Å². The molecule has 0 saturated carbocycles. The van der Waals surface area contributed by atoms with Crippen LogP contribution in [0.1, 0.15) is 40.2 Å². The summed E-state index contributed by atoms with van der Waals surface area (Å²) in [5.74, 6) is 1.31. The van der Waals surface area contributed by atoms with E-state index in [2.05, 4.69) is 22.4 Å². The molecule has 1 aromatic heterocycles. The number of amides is 1. The summed E-state index contributed by atoms with van der Waals surface area (Å²) in [6.45, 7) is 2.64. The summed E-state index contributed by atoms with van der Waals surface area (Å²) in [5.41, 5.74) is 3.90. The van der Waals surface area contributed by atoms with Crippen LogP contribution in [-0.4, -0.2) is 43.0 Å². The second kappa shape index (κ2) is 8.62. The predicted octanol–water partition coefficient (Wildman–Crippen LogP) is 3.98. The molecule has 1 saturated heterocycles. The van der Waals surface area contributed by atoms with Gasteiger partial charge >= 0.3 is 0 Å². The molecule has 1 N–H and O–H groups in total. The molecule has 5 heteroatoms. The van der Waals surface area contributed by atoms with Gasteiger partial charge in [-0.1, -0.05) is 24.3 Å². The largest absolute Gasteiger partial charge is 0.494 e. The first-order valence-electron chi connectivity index (χ1n) is 10.1. The van der Waals surface area contributed by atoms with Gasteiger partial charge in [-0.05, 0) is 60.7 Å². The average Bonchev–Trinajstić information content (AvgIpc) is 2.79. The molecule has 5 nitrogen and oxygen atoms in total. The highest BCUT2D eigenvalue weighted by Gasteiger charge is 2.18. The maximum atomic E-state index is 13.0. The number of hydrogen-bond acceptors (Lipinski definition) is 4. The Morgan fingerprint density at radius 3 is 2.76 bits per heavy atom. The zero-order valence-electron chi connectivity index (χ0n) is 17.0. The molecule has 0 unspecified atom stereocenters. The number of nitrogens with one attached hydrogen (secondary N) is 1. The predicted molar refractivity (Wildman–Crippen MR) is 115 cm³/mol. The highest BCUT2D eigenvalue weighted by Crippen LogP contribution is 2.28. The first-order chi connectivity index (χ1) is 14.2. The minimum Gasteiger partial charge on any atom is -0.494 e. The van der Waals surface area contributed by atoms with Crippen molar-refractivity contribution in [3.63, 3.8) is 0 Å². The van der Waals surface area contributed by atoms with E-state index in [1.54, 1.807) is 18.2 Å². The van der Waals surface area contributed by atoms with E-state index in [9.17, 15) is 4.79 Å². The molecule has 150 valence electrons.